The molecule has 32 heavy (non-hydrogen) atoms. The highest BCUT2D eigenvalue weighted by molar-refractivity contribution is 7.54. The van der Waals surface area contributed by atoms with Crippen LogP contribution in [0.5, 0.6) is 11.5 Å². The van der Waals surface area contributed by atoms with Crippen molar-refractivity contribution in [3.05, 3.63) is 62.2 Å². The zero-order chi connectivity index (χ0) is 24.3. The molecule has 174 valence electrons. The predicted molar refractivity (Wildman–Crippen MR) is 106 cm³/mol. The summed E-state index contributed by atoms with van der Waals surface area (Å²) in [6, 6.07) is 4.86. The van der Waals surface area contributed by atoms with Gasteiger partial charge in [0.05, 0.1) is 15.4 Å². The molecule has 0 aromatic heterocycles. The molecule has 0 aliphatic heterocycles. The van der Waals surface area contributed by atoms with Crippen LogP contribution in [0, 0.1) is 20.2 Å². The lowest BCUT2D eigenvalue weighted by Crippen LogP contribution is -2.18. The van der Waals surface area contributed by atoms with E-state index in [0.717, 1.165) is 38.5 Å². The minimum absolute atomic E-state index is 0.169. The first-order valence-corrected chi connectivity index (χ1v) is 10.2. The lowest BCUT2D eigenvalue weighted by molar-refractivity contribution is -0.385. The molecule has 0 fully saturated rings. The van der Waals surface area contributed by atoms with Crippen LogP contribution < -0.4 is 10.1 Å². The molecule has 2 aromatic carbocycles. The Balaban J connectivity index is 2.46. The molecule has 0 saturated heterocycles. The van der Waals surface area contributed by atoms with Crippen molar-refractivity contribution in [2.75, 3.05) is 19.5 Å². The van der Waals surface area contributed by atoms with Gasteiger partial charge in [0, 0.05) is 32.4 Å². The zero-order valence-corrected chi connectivity index (χ0v) is 17.7. The Labute approximate surface area is 178 Å². The van der Waals surface area contributed by atoms with E-state index < -0.39 is 52.1 Å². The summed E-state index contributed by atoms with van der Waals surface area (Å²) >= 11 is 0. The molecule has 2 aromatic rings. The molecule has 0 bridgehead atoms. The highest BCUT2D eigenvalue weighted by Crippen LogP contribution is 2.52. The highest BCUT2D eigenvalue weighted by atomic mass is 31.2. The van der Waals surface area contributed by atoms with E-state index in [9.17, 15) is 38.0 Å². The molecule has 0 aliphatic carbocycles. The molecule has 1 unspecified atom stereocenters. The quantitative estimate of drug-likeness (QED) is 0.278. The summed E-state index contributed by atoms with van der Waals surface area (Å²) in [5.41, 5.74) is -2.84. The van der Waals surface area contributed by atoms with Crippen molar-refractivity contribution in [1.29, 1.82) is 0 Å². The van der Waals surface area contributed by atoms with E-state index in [1.54, 1.807) is 0 Å². The molecule has 1 atom stereocenters. The first kappa shape index (κ1) is 25.0. The summed E-state index contributed by atoms with van der Waals surface area (Å²) in [6.45, 7) is 1.38. The van der Waals surface area contributed by atoms with Crippen LogP contribution in [0.4, 0.5) is 30.2 Å². The second-order valence-corrected chi connectivity index (χ2v) is 8.79. The molecule has 0 spiro atoms. The van der Waals surface area contributed by atoms with Gasteiger partial charge in [0.15, 0.2) is 0 Å². The molecule has 11 nitrogen and oxygen atoms in total. The Morgan fingerprint density at radius 1 is 1.00 bits per heavy atom. The number of ether oxygens (including phenoxy) is 1. The number of hydrogen-bond acceptors (Lipinski definition) is 9. The number of nitrogens with zero attached hydrogens (tertiary/aromatic N) is 2. The summed E-state index contributed by atoms with van der Waals surface area (Å²) in [5, 5.41) is 25.2. The minimum Gasteiger partial charge on any atom is -0.450 e. The van der Waals surface area contributed by atoms with E-state index in [1.165, 1.54) is 6.92 Å². The number of nitrogens with one attached hydrogen (secondary N) is 1. The third-order valence-electron chi connectivity index (χ3n) is 4.22. The van der Waals surface area contributed by atoms with E-state index in [1.807, 2.05) is 0 Å². The molecule has 0 radical (unpaired) electrons. The van der Waals surface area contributed by atoms with Gasteiger partial charge in [-0.1, -0.05) is 0 Å². The van der Waals surface area contributed by atoms with E-state index in [2.05, 4.69) is 5.32 Å². The molecule has 0 saturated carbocycles. The van der Waals surface area contributed by atoms with E-state index in [4.69, 9.17) is 13.8 Å². The number of rotatable bonds is 9. The molecule has 0 aliphatic rings. The molecule has 15 heteroatoms. The average Bonchev–Trinajstić information content (AvgIpc) is 2.72. The van der Waals surface area contributed by atoms with Crippen molar-refractivity contribution >= 4 is 24.7 Å². The summed E-state index contributed by atoms with van der Waals surface area (Å²) in [4.78, 5) is 20.8. The molecular weight excluding hydrogens is 462 g/mol. The fraction of sp³-hybridized carbons (Fsp3) is 0.294. The zero-order valence-electron chi connectivity index (χ0n) is 16.8. The van der Waals surface area contributed by atoms with Crippen LogP contribution in [0.1, 0.15) is 12.5 Å². The van der Waals surface area contributed by atoms with Gasteiger partial charge in [-0.15, -0.1) is 0 Å². The van der Waals surface area contributed by atoms with E-state index in [-0.39, 0.29) is 11.4 Å². The Bertz CT molecular complexity index is 1070. The van der Waals surface area contributed by atoms with Gasteiger partial charge in [-0.2, -0.15) is 13.2 Å². The fourth-order valence-corrected chi connectivity index (χ4v) is 3.68. The van der Waals surface area contributed by atoms with Gasteiger partial charge < -0.3 is 19.1 Å². The monoisotopic (exact) mass is 479 g/mol. The minimum atomic E-state index is -4.81. The number of hydrogen-bond donors (Lipinski definition) is 1. The van der Waals surface area contributed by atoms with Crippen LogP contribution in [-0.2, 0) is 19.8 Å². The second-order valence-electron chi connectivity index (χ2n) is 6.20. The number of benzene rings is 2. The lowest BCUT2D eigenvalue weighted by atomic mass is 10.2. The Hall–Kier alpha value is -3.22. The summed E-state index contributed by atoms with van der Waals surface area (Å²) in [5.74, 6) is -1.74. The van der Waals surface area contributed by atoms with Crippen LogP contribution in [0.15, 0.2) is 36.4 Å². The predicted octanol–water partition coefficient (Wildman–Crippen LogP) is 5.56. The maximum absolute atomic E-state index is 12.9. The number of halogens is 3. The van der Waals surface area contributed by atoms with Crippen LogP contribution >= 0.6 is 7.60 Å². The summed E-state index contributed by atoms with van der Waals surface area (Å²) in [7, 11) is -1.43. The first-order chi connectivity index (χ1) is 14.8. The van der Waals surface area contributed by atoms with Crippen LogP contribution in [0.25, 0.3) is 0 Å². The highest BCUT2D eigenvalue weighted by Gasteiger charge is 2.34. The van der Waals surface area contributed by atoms with Crippen molar-refractivity contribution in [2.45, 2.75) is 18.9 Å². The van der Waals surface area contributed by atoms with Crippen LogP contribution in [-0.4, -0.2) is 29.8 Å². The standard InChI is InChI=1S/C17H17F3N3O8P/c1-10(32(28,29-2)30-3)21-13-9-12(5-6-14(13)22(24)25)31-16-7-4-11(17(18,19)20)8-15(16)23(26)27/h4-10,21H,1-3H3. The normalized spacial score (nSPS) is 12.8. The van der Waals surface area contributed by atoms with Crippen molar-refractivity contribution in [3.63, 3.8) is 0 Å². The number of nitro groups is 2. The van der Waals surface area contributed by atoms with Gasteiger partial charge in [-0.05, 0) is 25.1 Å². The van der Waals surface area contributed by atoms with E-state index in [0.29, 0.717) is 12.1 Å². The topological polar surface area (TPSA) is 143 Å². The van der Waals surface area contributed by atoms with Crippen LogP contribution in [0.3, 0.4) is 0 Å². The SMILES string of the molecule is COP(=O)(OC)C(C)Nc1cc(Oc2ccc(C(F)(F)F)cc2[N+](=O)[O-])ccc1[N+](=O)[O-]. The second kappa shape index (κ2) is 9.51. The number of alkyl halides is 3. The van der Waals surface area contributed by atoms with Gasteiger partial charge in [-0.3, -0.25) is 24.8 Å². The first-order valence-electron chi connectivity index (χ1n) is 8.62. The maximum Gasteiger partial charge on any atom is 0.416 e. The maximum atomic E-state index is 12.9. The summed E-state index contributed by atoms with van der Waals surface area (Å²) < 4.78 is 66.0. The molecule has 0 heterocycles. The smallest absolute Gasteiger partial charge is 0.416 e. The van der Waals surface area contributed by atoms with Gasteiger partial charge in [0.2, 0.25) is 5.75 Å². The third-order valence-corrected chi connectivity index (χ3v) is 6.32. The van der Waals surface area contributed by atoms with Gasteiger partial charge >= 0.3 is 19.5 Å². The van der Waals surface area contributed by atoms with Crippen molar-refractivity contribution in [2.24, 2.45) is 0 Å². The lowest BCUT2D eigenvalue weighted by Gasteiger charge is -2.22. The van der Waals surface area contributed by atoms with Gasteiger partial charge in [-0.25, -0.2) is 0 Å². The Morgan fingerprint density at radius 3 is 2.09 bits per heavy atom. The summed E-state index contributed by atoms with van der Waals surface area (Å²) in [6.07, 6.45) is -4.81. The average molecular weight is 479 g/mol. The molecular formula is C17H17F3N3O8P. The fourth-order valence-electron chi connectivity index (χ4n) is 2.60. The Morgan fingerprint density at radius 2 is 1.59 bits per heavy atom. The molecule has 1 N–H and O–H groups in total. The molecule has 2 rings (SSSR count). The van der Waals surface area contributed by atoms with Crippen molar-refractivity contribution < 1.29 is 41.4 Å². The van der Waals surface area contributed by atoms with Crippen molar-refractivity contribution in [1.82, 2.24) is 0 Å². The Kier molecular flexibility index (Phi) is 7.44. The van der Waals surface area contributed by atoms with E-state index >= 15 is 0 Å². The number of anilines is 1. The number of nitro benzene ring substituents is 2. The van der Waals surface area contributed by atoms with Crippen molar-refractivity contribution in [3.8, 4) is 11.5 Å². The van der Waals surface area contributed by atoms with Crippen LogP contribution in [0.2, 0.25) is 0 Å². The van der Waals surface area contributed by atoms with Gasteiger partial charge in [0.1, 0.15) is 17.2 Å². The van der Waals surface area contributed by atoms with Gasteiger partial charge in [0.25, 0.3) is 5.69 Å². The molecule has 0 amide bonds. The largest absolute Gasteiger partial charge is 0.450 e. The third kappa shape index (κ3) is 5.52.